The van der Waals surface area contributed by atoms with Crippen LogP contribution >= 0.6 is 0 Å². The predicted octanol–water partition coefficient (Wildman–Crippen LogP) is 0.594. The fourth-order valence-electron chi connectivity index (χ4n) is 0.574. The van der Waals surface area contributed by atoms with Crippen molar-refractivity contribution in [3.05, 3.63) is 0 Å². The standard InChI is InChI=1S/C5H9O2/c1-4(6)2-5-3-7-5/h4-5H,2-3H2,1H3. The summed E-state index contributed by atoms with van der Waals surface area (Å²) in [5.41, 5.74) is 0. The van der Waals surface area contributed by atoms with Crippen LogP contribution in [0.3, 0.4) is 0 Å². The van der Waals surface area contributed by atoms with Gasteiger partial charge in [0.1, 0.15) is 0 Å². The Morgan fingerprint density at radius 1 is 2.00 bits per heavy atom. The number of epoxide rings is 1. The lowest BCUT2D eigenvalue weighted by Gasteiger charge is -1.92. The van der Waals surface area contributed by atoms with E-state index < -0.39 is 6.10 Å². The van der Waals surface area contributed by atoms with E-state index in [4.69, 9.17) is 4.74 Å². The Morgan fingerprint density at radius 3 is 2.71 bits per heavy atom. The van der Waals surface area contributed by atoms with Gasteiger partial charge < -0.3 is 4.74 Å². The van der Waals surface area contributed by atoms with Gasteiger partial charge in [0.05, 0.1) is 18.8 Å². The molecule has 0 saturated carbocycles. The van der Waals surface area contributed by atoms with Crippen LogP contribution in [0.1, 0.15) is 13.3 Å². The number of rotatable bonds is 2. The van der Waals surface area contributed by atoms with Crippen LogP contribution in [0.15, 0.2) is 0 Å². The number of hydrogen-bond acceptors (Lipinski definition) is 1. The Morgan fingerprint density at radius 2 is 2.57 bits per heavy atom. The van der Waals surface area contributed by atoms with Crippen LogP contribution in [0.2, 0.25) is 0 Å². The van der Waals surface area contributed by atoms with Gasteiger partial charge in [0.15, 0.2) is 0 Å². The van der Waals surface area contributed by atoms with Crippen molar-refractivity contribution in [3.63, 3.8) is 0 Å². The minimum absolute atomic E-state index is 0.312. The highest BCUT2D eigenvalue weighted by atomic mass is 16.6. The number of hydrogen-bond donors (Lipinski definition) is 0. The molecule has 1 saturated heterocycles. The summed E-state index contributed by atoms with van der Waals surface area (Å²) in [4.78, 5) is 0. The highest BCUT2D eigenvalue weighted by molar-refractivity contribution is 4.70. The Bertz CT molecular complexity index is 57.1. The van der Waals surface area contributed by atoms with Gasteiger partial charge in [0.25, 0.3) is 0 Å². The molecule has 41 valence electrons. The molecule has 7 heavy (non-hydrogen) atoms. The maximum atomic E-state index is 10.3. The molecule has 0 aromatic heterocycles. The summed E-state index contributed by atoms with van der Waals surface area (Å²) in [6.45, 7) is 2.48. The van der Waals surface area contributed by atoms with Crippen molar-refractivity contribution in [2.45, 2.75) is 25.6 Å². The maximum Gasteiger partial charge on any atom is 0.0927 e. The van der Waals surface area contributed by atoms with Gasteiger partial charge in [-0.1, -0.05) is 0 Å². The van der Waals surface area contributed by atoms with Gasteiger partial charge >= 0.3 is 0 Å². The van der Waals surface area contributed by atoms with Crippen LogP contribution in [0.4, 0.5) is 0 Å². The van der Waals surface area contributed by atoms with Crippen molar-refractivity contribution < 1.29 is 9.84 Å². The van der Waals surface area contributed by atoms with Crippen LogP contribution in [0.25, 0.3) is 0 Å². The van der Waals surface area contributed by atoms with Crippen LogP contribution in [0, 0.1) is 0 Å². The Balaban J connectivity index is 1.97. The van der Waals surface area contributed by atoms with E-state index >= 15 is 0 Å². The fraction of sp³-hybridized carbons (Fsp3) is 1.00. The van der Waals surface area contributed by atoms with Gasteiger partial charge in [-0.15, -0.1) is 0 Å². The first-order chi connectivity index (χ1) is 3.29. The second kappa shape index (κ2) is 1.80. The quantitative estimate of drug-likeness (QED) is 0.468. The maximum absolute atomic E-state index is 10.3. The molecule has 0 amide bonds. The molecule has 2 unspecified atom stereocenters. The van der Waals surface area contributed by atoms with Crippen LogP contribution < -0.4 is 0 Å². The summed E-state index contributed by atoms with van der Waals surface area (Å²) in [5.74, 6) is 0. The van der Waals surface area contributed by atoms with Crippen molar-refractivity contribution in [1.29, 1.82) is 0 Å². The lowest BCUT2D eigenvalue weighted by atomic mass is 10.2. The van der Waals surface area contributed by atoms with E-state index in [0.29, 0.717) is 12.5 Å². The first-order valence-electron chi connectivity index (χ1n) is 2.56. The molecule has 1 aliphatic heterocycles. The molecular formula is C5H9O2. The van der Waals surface area contributed by atoms with Crippen LogP contribution in [-0.4, -0.2) is 18.8 Å². The van der Waals surface area contributed by atoms with Gasteiger partial charge in [0.2, 0.25) is 0 Å². The molecule has 0 N–H and O–H groups in total. The summed E-state index contributed by atoms with van der Waals surface area (Å²) in [6, 6.07) is 0. The topological polar surface area (TPSA) is 32.4 Å². The molecule has 2 atom stereocenters. The van der Waals surface area contributed by atoms with Crippen molar-refractivity contribution >= 4 is 0 Å². The average molecular weight is 101 g/mol. The van der Waals surface area contributed by atoms with E-state index in [1.54, 1.807) is 6.92 Å². The zero-order valence-electron chi connectivity index (χ0n) is 4.39. The normalized spacial score (nSPS) is 32.6. The second-order valence-corrected chi connectivity index (χ2v) is 2.00. The second-order valence-electron chi connectivity index (χ2n) is 2.00. The van der Waals surface area contributed by atoms with E-state index in [1.165, 1.54) is 0 Å². The fourth-order valence-corrected chi connectivity index (χ4v) is 0.574. The summed E-state index contributed by atoms with van der Waals surface area (Å²) in [5, 5.41) is 10.3. The minimum atomic E-state index is -0.438. The Kier molecular flexibility index (Phi) is 1.30. The monoisotopic (exact) mass is 101 g/mol. The van der Waals surface area contributed by atoms with E-state index in [1.807, 2.05) is 0 Å². The third kappa shape index (κ3) is 1.90. The molecule has 1 heterocycles. The van der Waals surface area contributed by atoms with Crippen molar-refractivity contribution in [2.24, 2.45) is 0 Å². The smallest absolute Gasteiger partial charge is 0.0927 e. The molecular weight excluding hydrogens is 92.1 g/mol. The first-order valence-corrected chi connectivity index (χ1v) is 2.56. The van der Waals surface area contributed by atoms with Crippen molar-refractivity contribution in [2.75, 3.05) is 6.61 Å². The van der Waals surface area contributed by atoms with E-state index in [-0.39, 0.29) is 0 Å². The molecule has 1 rings (SSSR count). The van der Waals surface area contributed by atoms with Crippen LogP contribution in [0.5, 0.6) is 0 Å². The summed E-state index contributed by atoms with van der Waals surface area (Å²) in [7, 11) is 0. The molecule has 0 spiro atoms. The van der Waals surface area contributed by atoms with E-state index in [2.05, 4.69) is 0 Å². The zero-order valence-corrected chi connectivity index (χ0v) is 4.39. The SMILES string of the molecule is CC([O])CC1CO1. The third-order valence-electron chi connectivity index (χ3n) is 0.997. The molecule has 2 heteroatoms. The number of ether oxygens (including phenoxy) is 1. The van der Waals surface area contributed by atoms with E-state index in [9.17, 15) is 5.11 Å². The predicted molar refractivity (Wildman–Crippen MR) is 24.5 cm³/mol. The minimum Gasteiger partial charge on any atom is -0.373 e. The van der Waals surface area contributed by atoms with Gasteiger partial charge in [-0.3, -0.25) is 0 Å². The van der Waals surface area contributed by atoms with Crippen molar-refractivity contribution in [3.8, 4) is 0 Å². The zero-order chi connectivity index (χ0) is 5.28. The van der Waals surface area contributed by atoms with Gasteiger partial charge in [-0.25, -0.2) is 5.11 Å². The van der Waals surface area contributed by atoms with Gasteiger partial charge in [-0.05, 0) is 6.92 Å². The largest absolute Gasteiger partial charge is 0.373 e. The third-order valence-corrected chi connectivity index (χ3v) is 0.997. The molecule has 0 aromatic carbocycles. The van der Waals surface area contributed by atoms with Crippen molar-refractivity contribution in [1.82, 2.24) is 0 Å². The average Bonchev–Trinajstić information content (AvgIpc) is 2.17. The summed E-state index contributed by atoms with van der Waals surface area (Å²) in [6.07, 6.45) is 0.569. The molecule has 0 aromatic rings. The van der Waals surface area contributed by atoms with Gasteiger partial charge in [-0.2, -0.15) is 0 Å². The lowest BCUT2D eigenvalue weighted by Crippen LogP contribution is -2.00. The summed E-state index contributed by atoms with van der Waals surface area (Å²) >= 11 is 0. The molecule has 0 bridgehead atoms. The highest BCUT2D eigenvalue weighted by Gasteiger charge is 2.24. The van der Waals surface area contributed by atoms with Gasteiger partial charge in [0, 0.05) is 6.42 Å². The highest BCUT2D eigenvalue weighted by Crippen LogP contribution is 2.14. The lowest BCUT2D eigenvalue weighted by molar-refractivity contribution is 0.0898. The molecule has 0 aliphatic carbocycles. The molecule has 1 aliphatic rings. The van der Waals surface area contributed by atoms with Crippen LogP contribution in [-0.2, 0) is 9.84 Å². The first kappa shape index (κ1) is 5.06. The molecule has 2 nitrogen and oxygen atoms in total. The molecule has 1 radical (unpaired) electrons. The van der Waals surface area contributed by atoms with E-state index in [0.717, 1.165) is 6.61 Å². The Hall–Kier alpha value is -0.0800. The molecule has 1 fully saturated rings. The Labute approximate surface area is 43.1 Å². The summed E-state index contributed by atoms with van der Waals surface area (Å²) < 4.78 is 4.82.